The zero-order valence-corrected chi connectivity index (χ0v) is 12.0. The first-order valence-electron chi connectivity index (χ1n) is 7.01. The maximum atomic E-state index is 11.9. The normalized spacial score (nSPS) is 27.7. The summed E-state index contributed by atoms with van der Waals surface area (Å²) < 4.78 is 2.17. The van der Waals surface area contributed by atoms with Crippen LogP contribution in [0.5, 0.6) is 0 Å². The topological polar surface area (TPSA) is 72.9 Å². The van der Waals surface area contributed by atoms with Crippen molar-refractivity contribution in [3.05, 3.63) is 18.2 Å². The summed E-state index contributed by atoms with van der Waals surface area (Å²) in [6.45, 7) is 6.10. The molecule has 1 aromatic rings. The zero-order valence-electron chi connectivity index (χ0n) is 12.0. The lowest BCUT2D eigenvalue weighted by Crippen LogP contribution is -2.59. The molecule has 0 radical (unpaired) electrons. The van der Waals surface area contributed by atoms with Gasteiger partial charge in [-0.3, -0.25) is 4.79 Å². The number of hydrogen-bond acceptors (Lipinski definition) is 3. The summed E-state index contributed by atoms with van der Waals surface area (Å²) in [5.74, 6) is 0.762. The molecule has 1 aliphatic carbocycles. The molecule has 1 aliphatic rings. The number of aryl methyl sites for hydroxylation is 1. The van der Waals surface area contributed by atoms with Crippen LogP contribution >= 0.6 is 0 Å². The van der Waals surface area contributed by atoms with Gasteiger partial charge in [-0.1, -0.05) is 0 Å². The average Bonchev–Trinajstić information content (AvgIpc) is 2.74. The highest BCUT2D eigenvalue weighted by molar-refractivity contribution is 5.84. The van der Waals surface area contributed by atoms with Crippen LogP contribution in [0.15, 0.2) is 12.4 Å². The molecule has 19 heavy (non-hydrogen) atoms. The van der Waals surface area contributed by atoms with Crippen molar-refractivity contribution >= 4 is 5.91 Å². The lowest BCUT2D eigenvalue weighted by molar-refractivity contribution is -0.126. The van der Waals surface area contributed by atoms with Crippen LogP contribution < -0.4 is 11.1 Å². The number of primary amides is 1. The lowest BCUT2D eigenvalue weighted by Gasteiger charge is -2.41. The summed E-state index contributed by atoms with van der Waals surface area (Å²) in [6.07, 6.45) is 7.46. The summed E-state index contributed by atoms with van der Waals surface area (Å²) >= 11 is 0. The standard InChI is InChI=1S/C14H24N4O/c1-10(2)17-14(13(15)19)6-4-5-12(9-14)18-8-7-16-11(18)3/h7-8,10,12,17H,4-6,9H2,1-3H3,(H2,15,19). The second-order valence-electron chi connectivity index (χ2n) is 5.88. The fourth-order valence-electron chi connectivity index (χ4n) is 3.24. The highest BCUT2D eigenvalue weighted by Crippen LogP contribution is 2.36. The lowest BCUT2D eigenvalue weighted by atomic mass is 9.77. The van der Waals surface area contributed by atoms with Gasteiger partial charge in [-0.25, -0.2) is 4.98 Å². The van der Waals surface area contributed by atoms with Gasteiger partial charge in [0.15, 0.2) is 0 Å². The number of imidazole rings is 1. The van der Waals surface area contributed by atoms with Crippen molar-refractivity contribution in [3.63, 3.8) is 0 Å². The number of aromatic nitrogens is 2. The first-order chi connectivity index (χ1) is 8.94. The van der Waals surface area contributed by atoms with Crippen molar-refractivity contribution in [1.29, 1.82) is 0 Å². The van der Waals surface area contributed by atoms with Gasteiger partial charge < -0.3 is 15.6 Å². The zero-order chi connectivity index (χ0) is 14.0. The number of carbonyl (C=O) groups excluding carboxylic acids is 1. The number of carbonyl (C=O) groups is 1. The molecule has 0 saturated heterocycles. The van der Waals surface area contributed by atoms with E-state index in [0.29, 0.717) is 6.04 Å². The van der Waals surface area contributed by atoms with Crippen LogP contribution in [0.2, 0.25) is 0 Å². The predicted octanol–water partition coefficient (Wildman–Crippen LogP) is 1.53. The smallest absolute Gasteiger partial charge is 0.237 e. The molecule has 2 unspecified atom stereocenters. The molecule has 1 amide bonds. The first-order valence-corrected chi connectivity index (χ1v) is 7.01. The third-order valence-electron chi connectivity index (χ3n) is 4.02. The molecule has 1 aromatic heterocycles. The van der Waals surface area contributed by atoms with E-state index in [0.717, 1.165) is 31.5 Å². The average molecular weight is 264 g/mol. The number of nitrogens with one attached hydrogen (secondary N) is 1. The summed E-state index contributed by atoms with van der Waals surface area (Å²) in [4.78, 5) is 16.2. The van der Waals surface area contributed by atoms with E-state index < -0.39 is 5.54 Å². The second-order valence-corrected chi connectivity index (χ2v) is 5.88. The van der Waals surface area contributed by atoms with Gasteiger partial charge in [-0.05, 0) is 46.5 Å². The molecule has 2 rings (SSSR count). The van der Waals surface area contributed by atoms with Crippen LogP contribution in [0.25, 0.3) is 0 Å². The highest BCUT2D eigenvalue weighted by atomic mass is 16.1. The Bertz CT molecular complexity index is 454. The molecule has 1 fully saturated rings. The van der Waals surface area contributed by atoms with E-state index in [9.17, 15) is 4.79 Å². The van der Waals surface area contributed by atoms with Crippen molar-refractivity contribution in [3.8, 4) is 0 Å². The van der Waals surface area contributed by atoms with E-state index in [1.807, 2.05) is 19.3 Å². The van der Waals surface area contributed by atoms with Gasteiger partial charge >= 0.3 is 0 Å². The number of rotatable bonds is 4. The van der Waals surface area contributed by atoms with Crippen molar-refractivity contribution in [2.75, 3.05) is 0 Å². The van der Waals surface area contributed by atoms with Crippen molar-refractivity contribution < 1.29 is 4.79 Å². The monoisotopic (exact) mass is 264 g/mol. The van der Waals surface area contributed by atoms with E-state index in [2.05, 4.69) is 28.7 Å². The Kier molecular flexibility index (Phi) is 3.94. The number of nitrogens with two attached hydrogens (primary N) is 1. The molecule has 0 spiro atoms. The van der Waals surface area contributed by atoms with Gasteiger partial charge in [-0.15, -0.1) is 0 Å². The third kappa shape index (κ3) is 2.81. The number of nitrogens with zero attached hydrogens (tertiary/aromatic N) is 2. The minimum Gasteiger partial charge on any atom is -0.368 e. The second kappa shape index (κ2) is 5.33. The number of hydrogen-bond donors (Lipinski definition) is 2. The van der Waals surface area contributed by atoms with Gasteiger partial charge in [0.25, 0.3) is 0 Å². The van der Waals surface area contributed by atoms with Gasteiger partial charge in [0.05, 0.1) is 5.54 Å². The van der Waals surface area contributed by atoms with Gasteiger partial charge in [-0.2, -0.15) is 0 Å². The molecule has 0 bridgehead atoms. The fraction of sp³-hybridized carbons (Fsp3) is 0.714. The number of amides is 1. The molecular weight excluding hydrogens is 240 g/mol. The quantitative estimate of drug-likeness (QED) is 0.866. The largest absolute Gasteiger partial charge is 0.368 e. The maximum Gasteiger partial charge on any atom is 0.237 e. The minimum atomic E-state index is -0.576. The van der Waals surface area contributed by atoms with E-state index in [4.69, 9.17) is 5.73 Å². The Labute approximate surface area is 114 Å². The van der Waals surface area contributed by atoms with E-state index >= 15 is 0 Å². The third-order valence-corrected chi connectivity index (χ3v) is 4.02. The summed E-state index contributed by atoms with van der Waals surface area (Å²) in [6, 6.07) is 0.546. The van der Waals surface area contributed by atoms with Crippen LogP contribution in [-0.4, -0.2) is 27.0 Å². The van der Waals surface area contributed by atoms with Crippen LogP contribution in [0.4, 0.5) is 0 Å². The van der Waals surface area contributed by atoms with Crippen molar-refractivity contribution in [2.45, 2.75) is 64.1 Å². The SMILES string of the molecule is Cc1nccn1C1CCCC(NC(C)C)(C(N)=O)C1. The Hall–Kier alpha value is -1.36. The van der Waals surface area contributed by atoms with Crippen molar-refractivity contribution in [1.82, 2.24) is 14.9 Å². The van der Waals surface area contributed by atoms with Crippen LogP contribution in [0.1, 0.15) is 51.4 Å². The molecule has 5 heteroatoms. The van der Waals surface area contributed by atoms with Crippen molar-refractivity contribution in [2.24, 2.45) is 5.73 Å². The van der Waals surface area contributed by atoms with E-state index in [1.165, 1.54) is 0 Å². The Morgan fingerprint density at radius 3 is 2.89 bits per heavy atom. The van der Waals surface area contributed by atoms with Gasteiger partial charge in [0, 0.05) is 24.5 Å². The van der Waals surface area contributed by atoms with Gasteiger partial charge in [0.2, 0.25) is 5.91 Å². The first kappa shape index (κ1) is 14.1. The highest BCUT2D eigenvalue weighted by Gasteiger charge is 2.42. The summed E-state index contributed by atoms with van der Waals surface area (Å²) in [7, 11) is 0. The van der Waals surface area contributed by atoms with E-state index in [1.54, 1.807) is 0 Å². The molecule has 2 atom stereocenters. The molecule has 3 N–H and O–H groups in total. The van der Waals surface area contributed by atoms with Crippen LogP contribution in [-0.2, 0) is 4.79 Å². The molecule has 5 nitrogen and oxygen atoms in total. The molecule has 106 valence electrons. The molecular formula is C14H24N4O. The summed E-state index contributed by atoms with van der Waals surface area (Å²) in [5.41, 5.74) is 5.10. The Morgan fingerprint density at radius 2 is 2.37 bits per heavy atom. The predicted molar refractivity (Wildman–Crippen MR) is 74.7 cm³/mol. The van der Waals surface area contributed by atoms with Crippen LogP contribution in [0, 0.1) is 6.92 Å². The fourth-order valence-corrected chi connectivity index (χ4v) is 3.24. The molecule has 0 aliphatic heterocycles. The molecule has 0 aromatic carbocycles. The summed E-state index contributed by atoms with van der Waals surface area (Å²) in [5, 5.41) is 3.40. The van der Waals surface area contributed by atoms with Crippen LogP contribution in [0.3, 0.4) is 0 Å². The molecule has 1 saturated carbocycles. The minimum absolute atomic E-state index is 0.233. The maximum absolute atomic E-state index is 11.9. The van der Waals surface area contributed by atoms with Gasteiger partial charge in [0.1, 0.15) is 5.82 Å². The Morgan fingerprint density at radius 1 is 1.63 bits per heavy atom. The van der Waals surface area contributed by atoms with E-state index in [-0.39, 0.29) is 11.9 Å². The molecule has 1 heterocycles. The Balaban J connectivity index is 2.23.